The molecule has 0 radical (unpaired) electrons. The smallest absolute Gasteiger partial charge is 0.221 e. The molecule has 2 atom stereocenters. The highest BCUT2D eigenvalue weighted by Crippen LogP contribution is 2.22. The predicted octanol–water partition coefficient (Wildman–Crippen LogP) is 0.255. The molecule has 0 aromatic heterocycles. The van der Waals surface area contributed by atoms with Gasteiger partial charge in [0.2, 0.25) is 11.8 Å². The molecule has 0 aromatic carbocycles. The molecule has 0 aromatic rings. The predicted molar refractivity (Wildman–Crippen MR) is 50.5 cm³/mol. The van der Waals surface area contributed by atoms with Gasteiger partial charge >= 0.3 is 0 Å². The van der Waals surface area contributed by atoms with Gasteiger partial charge in [0.15, 0.2) is 0 Å². The van der Waals surface area contributed by atoms with E-state index in [1.165, 1.54) is 0 Å². The third-order valence-corrected chi connectivity index (χ3v) is 2.18. The second-order valence-electron chi connectivity index (χ2n) is 3.82. The van der Waals surface area contributed by atoms with Crippen LogP contribution in [0.5, 0.6) is 0 Å². The van der Waals surface area contributed by atoms with E-state index in [9.17, 15) is 9.59 Å². The number of carbonyl (C=O) groups excluding carboxylic acids is 2. The summed E-state index contributed by atoms with van der Waals surface area (Å²) in [5, 5.41) is 0. The van der Waals surface area contributed by atoms with Crippen LogP contribution in [0.1, 0.15) is 27.2 Å². The van der Waals surface area contributed by atoms with Crippen molar-refractivity contribution in [2.24, 2.45) is 29.2 Å². The molecule has 0 fully saturated rings. The zero-order valence-electron chi connectivity index (χ0n) is 8.41. The van der Waals surface area contributed by atoms with E-state index in [4.69, 9.17) is 11.5 Å². The van der Waals surface area contributed by atoms with Crippen molar-refractivity contribution in [1.82, 2.24) is 0 Å². The molecule has 0 heterocycles. The van der Waals surface area contributed by atoms with Gasteiger partial charge in [0.05, 0.1) is 0 Å². The molecule has 0 saturated carbocycles. The summed E-state index contributed by atoms with van der Waals surface area (Å²) < 4.78 is 0. The van der Waals surface area contributed by atoms with Crippen molar-refractivity contribution < 1.29 is 9.59 Å². The van der Waals surface area contributed by atoms with Crippen LogP contribution in [-0.2, 0) is 9.59 Å². The van der Waals surface area contributed by atoms with Crippen molar-refractivity contribution in [2.75, 3.05) is 0 Å². The zero-order valence-corrected chi connectivity index (χ0v) is 8.41. The van der Waals surface area contributed by atoms with Gasteiger partial charge in [0.25, 0.3) is 0 Å². The van der Waals surface area contributed by atoms with Crippen LogP contribution in [0.4, 0.5) is 0 Å². The van der Waals surface area contributed by atoms with Gasteiger partial charge in [0.1, 0.15) is 0 Å². The molecule has 76 valence electrons. The Labute approximate surface area is 78.7 Å². The van der Waals surface area contributed by atoms with E-state index in [2.05, 4.69) is 0 Å². The highest BCUT2D eigenvalue weighted by Gasteiger charge is 2.26. The van der Waals surface area contributed by atoms with Crippen LogP contribution >= 0.6 is 0 Å². The number of amides is 2. The van der Waals surface area contributed by atoms with Gasteiger partial charge in [-0.25, -0.2) is 0 Å². The van der Waals surface area contributed by atoms with Gasteiger partial charge in [-0.2, -0.15) is 0 Å². The number of rotatable bonds is 5. The van der Waals surface area contributed by atoms with Gasteiger partial charge in [-0.05, 0) is 11.8 Å². The largest absolute Gasteiger partial charge is 0.370 e. The summed E-state index contributed by atoms with van der Waals surface area (Å²) in [5.74, 6) is -0.947. The van der Waals surface area contributed by atoms with E-state index in [0.717, 1.165) is 0 Å². The van der Waals surface area contributed by atoms with Crippen LogP contribution in [0.3, 0.4) is 0 Å². The SMILES string of the molecule is CC(C)C(C(N)=O)C(C)CC(N)=O. The molecule has 0 saturated heterocycles. The van der Waals surface area contributed by atoms with Gasteiger partial charge in [-0.15, -0.1) is 0 Å². The number of primary amides is 2. The van der Waals surface area contributed by atoms with Crippen molar-refractivity contribution in [3.05, 3.63) is 0 Å². The quantitative estimate of drug-likeness (QED) is 0.645. The Hall–Kier alpha value is -1.06. The summed E-state index contributed by atoms with van der Waals surface area (Å²) in [5.41, 5.74) is 10.3. The lowest BCUT2D eigenvalue weighted by Gasteiger charge is -2.23. The molecule has 2 amide bonds. The van der Waals surface area contributed by atoms with Crippen LogP contribution in [0.15, 0.2) is 0 Å². The van der Waals surface area contributed by atoms with E-state index in [1.807, 2.05) is 20.8 Å². The number of nitrogens with two attached hydrogens (primary N) is 2. The highest BCUT2D eigenvalue weighted by molar-refractivity contribution is 5.79. The van der Waals surface area contributed by atoms with E-state index in [0.29, 0.717) is 0 Å². The molecule has 0 aliphatic rings. The maximum absolute atomic E-state index is 11.0. The molecule has 4 nitrogen and oxygen atoms in total. The molecular weight excluding hydrogens is 168 g/mol. The van der Waals surface area contributed by atoms with Gasteiger partial charge in [-0.1, -0.05) is 20.8 Å². The fourth-order valence-corrected chi connectivity index (χ4v) is 1.71. The Morgan fingerprint density at radius 1 is 1.15 bits per heavy atom. The van der Waals surface area contributed by atoms with Gasteiger partial charge < -0.3 is 11.5 Å². The minimum atomic E-state index is -0.389. The lowest BCUT2D eigenvalue weighted by atomic mass is 9.82. The fourth-order valence-electron chi connectivity index (χ4n) is 1.71. The number of carbonyl (C=O) groups is 2. The average molecular weight is 186 g/mol. The summed E-state index contributed by atoms with van der Waals surface area (Å²) >= 11 is 0. The molecule has 4 N–H and O–H groups in total. The first kappa shape index (κ1) is 11.9. The Bertz CT molecular complexity index is 202. The third kappa shape index (κ3) is 3.92. The summed E-state index contributed by atoms with van der Waals surface area (Å²) in [6, 6.07) is 0. The first-order valence-electron chi connectivity index (χ1n) is 4.43. The lowest BCUT2D eigenvalue weighted by Crippen LogP contribution is -2.34. The molecule has 0 bridgehead atoms. The van der Waals surface area contributed by atoms with Crippen molar-refractivity contribution in [3.63, 3.8) is 0 Å². The molecule has 2 unspecified atom stereocenters. The van der Waals surface area contributed by atoms with Crippen molar-refractivity contribution in [3.8, 4) is 0 Å². The van der Waals surface area contributed by atoms with Crippen LogP contribution in [-0.4, -0.2) is 11.8 Å². The van der Waals surface area contributed by atoms with Crippen LogP contribution in [0.2, 0.25) is 0 Å². The molecule has 0 spiro atoms. The Balaban J connectivity index is 4.37. The van der Waals surface area contributed by atoms with E-state index < -0.39 is 0 Å². The van der Waals surface area contributed by atoms with E-state index in [1.54, 1.807) is 0 Å². The standard InChI is InChI=1S/C9H18N2O2/c1-5(2)8(9(11)13)6(3)4-7(10)12/h5-6,8H,4H2,1-3H3,(H2,10,12)(H2,11,13). The molecule has 0 rings (SSSR count). The first-order valence-corrected chi connectivity index (χ1v) is 4.43. The second-order valence-corrected chi connectivity index (χ2v) is 3.82. The van der Waals surface area contributed by atoms with Crippen LogP contribution in [0, 0.1) is 17.8 Å². The topological polar surface area (TPSA) is 86.2 Å². The molecular formula is C9H18N2O2. The number of hydrogen-bond acceptors (Lipinski definition) is 2. The fraction of sp³-hybridized carbons (Fsp3) is 0.778. The molecule has 0 aliphatic carbocycles. The lowest BCUT2D eigenvalue weighted by molar-refractivity contribution is -0.126. The minimum Gasteiger partial charge on any atom is -0.370 e. The van der Waals surface area contributed by atoms with Crippen LogP contribution < -0.4 is 11.5 Å². The summed E-state index contributed by atoms with van der Waals surface area (Å²) in [6.45, 7) is 5.64. The van der Waals surface area contributed by atoms with Crippen LogP contribution in [0.25, 0.3) is 0 Å². The normalized spacial score (nSPS) is 15.4. The molecule has 4 heteroatoms. The monoisotopic (exact) mass is 186 g/mol. The molecule has 0 aliphatic heterocycles. The van der Waals surface area contributed by atoms with E-state index in [-0.39, 0.29) is 36.0 Å². The van der Waals surface area contributed by atoms with Crippen molar-refractivity contribution >= 4 is 11.8 Å². The maximum atomic E-state index is 11.0. The highest BCUT2D eigenvalue weighted by atomic mass is 16.1. The summed E-state index contributed by atoms with van der Waals surface area (Å²) in [4.78, 5) is 21.7. The maximum Gasteiger partial charge on any atom is 0.221 e. The number of hydrogen-bond donors (Lipinski definition) is 2. The van der Waals surface area contributed by atoms with Crippen molar-refractivity contribution in [2.45, 2.75) is 27.2 Å². The van der Waals surface area contributed by atoms with Gasteiger partial charge in [0, 0.05) is 12.3 Å². The average Bonchev–Trinajstić information content (AvgIpc) is 1.81. The summed E-state index contributed by atoms with van der Waals surface area (Å²) in [6.07, 6.45) is 0.214. The Morgan fingerprint density at radius 2 is 1.62 bits per heavy atom. The first-order chi connectivity index (χ1) is 5.86. The van der Waals surface area contributed by atoms with E-state index >= 15 is 0 Å². The summed E-state index contributed by atoms with van der Waals surface area (Å²) in [7, 11) is 0. The van der Waals surface area contributed by atoms with Gasteiger partial charge in [-0.3, -0.25) is 9.59 Å². The molecule has 13 heavy (non-hydrogen) atoms. The zero-order chi connectivity index (χ0) is 10.6. The van der Waals surface area contributed by atoms with Crippen molar-refractivity contribution in [1.29, 1.82) is 0 Å². The third-order valence-electron chi connectivity index (χ3n) is 2.18. The minimum absolute atomic E-state index is 0.0741. The Kier molecular flexibility index (Phi) is 4.45. The second kappa shape index (κ2) is 4.84. The Morgan fingerprint density at radius 3 is 1.85 bits per heavy atom.